The Balaban J connectivity index is 1.30. The molecule has 1 aromatic heterocycles. The maximum atomic E-state index is 14.0. The highest BCUT2D eigenvalue weighted by Gasteiger charge is 2.16. The number of amides is 2. The van der Waals surface area contributed by atoms with Crippen LogP contribution < -0.4 is 21.3 Å². The van der Waals surface area contributed by atoms with E-state index in [1.165, 1.54) is 24.3 Å². The van der Waals surface area contributed by atoms with Gasteiger partial charge in [-0.05, 0) is 78.4 Å². The van der Waals surface area contributed by atoms with E-state index >= 15 is 0 Å². The van der Waals surface area contributed by atoms with Gasteiger partial charge in [-0.15, -0.1) is 0 Å². The lowest BCUT2D eigenvalue weighted by Gasteiger charge is -2.13. The lowest BCUT2D eigenvalue weighted by Crippen LogP contribution is -2.34. The predicted molar refractivity (Wildman–Crippen MR) is 177 cm³/mol. The third-order valence-electron chi connectivity index (χ3n) is 6.56. The van der Waals surface area contributed by atoms with Crippen molar-refractivity contribution in [3.63, 3.8) is 0 Å². The average molecular weight is 636 g/mol. The van der Waals surface area contributed by atoms with Crippen LogP contribution in [0.3, 0.4) is 0 Å². The van der Waals surface area contributed by atoms with E-state index in [1.54, 1.807) is 97.1 Å². The summed E-state index contributed by atoms with van der Waals surface area (Å²) in [6, 6.07) is 30.8. The predicted octanol–water partition coefficient (Wildman–Crippen LogP) is 6.89. The fourth-order valence-corrected chi connectivity index (χ4v) is 4.53. The molecule has 2 amide bonds. The number of benzene rings is 4. The Morgan fingerprint density at radius 1 is 0.870 bits per heavy atom. The summed E-state index contributed by atoms with van der Waals surface area (Å²) in [6.07, 6.45) is 1.40. The van der Waals surface area contributed by atoms with E-state index in [-0.39, 0.29) is 34.5 Å². The van der Waals surface area contributed by atoms with Gasteiger partial charge in [-0.25, -0.2) is 4.39 Å². The number of nitro groups is 1. The van der Waals surface area contributed by atoms with Crippen molar-refractivity contribution in [2.75, 3.05) is 10.6 Å². The van der Waals surface area contributed by atoms with Crippen molar-refractivity contribution >= 4 is 52.3 Å². The number of rotatable bonds is 10. The lowest BCUT2D eigenvalue weighted by atomic mass is 10.1. The Bertz CT molecular complexity index is 1930. The summed E-state index contributed by atoms with van der Waals surface area (Å²) in [5, 5.41) is 22.4. The normalized spacial score (nSPS) is 10.9. The van der Waals surface area contributed by atoms with Crippen LogP contribution in [0.2, 0.25) is 0 Å². The van der Waals surface area contributed by atoms with E-state index in [4.69, 9.17) is 16.6 Å². The molecule has 12 heteroatoms. The number of anilines is 2. The highest BCUT2D eigenvalue weighted by Crippen LogP contribution is 2.25. The first kappa shape index (κ1) is 31.3. The quantitative estimate of drug-likeness (QED) is 0.0563. The fourth-order valence-electron chi connectivity index (χ4n) is 4.30. The molecular formula is C34H26FN5O5S. The van der Waals surface area contributed by atoms with Crippen molar-refractivity contribution in [3.8, 4) is 11.3 Å². The van der Waals surface area contributed by atoms with Crippen LogP contribution in [0, 0.1) is 15.9 Å². The van der Waals surface area contributed by atoms with E-state index < -0.39 is 22.6 Å². The van der Waals surface area contributed by atoms with Crippen LogP contribution in [0.5, 0.6) is 0 Å². The maximum Gasteiger partial charge on any atom is 0.269 e. The first-order chi connectivity index (χ1) is 22.2. The third-order valence-corrected chi connectivity index (χ3v) is 6.77. The molecule has 0 fully saturated rings. The number of non-ortho nitro benzene ring substituents is 1. The number of hydrogen-bond donors (Lipinski definition) is 4. The van der Waals surface area contributed by atoms with Crippen LogP contribution in [0.25, 0.3) is 17.4 Å². The highest BCUT2D eigenvalue weighted by atomic mass is 32.1. The second kappa shape index (κ2) is 14.6. The van der Waals surface area contributed by atoms with Crippen LogP contribution in [0.1, 0.15) is 21.7 Å². The van der Waals surface area contributed by atoms with Crippen LogP contribution in [0.15, 0.2) is 125 Å². The lowest BCUT2D eigenvalue weighted by molar-refractivity contribution is -0.384. The molecule has 10 nitrogen and oxygen atoms in total. The average Bonchev–Trinajstić information content (AvgIpc) is 3.53. The van der Waals surface area contributed by atoms with E-state index in [0.717, 1.165) is 5.56 Å². The number of carbonyl (C=O) groups is 2. The molecule has 0 spiro atoms. The van der Waals surface area contributed by atoms with Crippen LogP contribution in [-0.4, -0.2) is 21.9 Å². The molecule has 0 saturated heterocycles. The van der Waals surface area contributed by atoms with Crippen LogP contribution in [0.4, 0.5) is 21.5 Å². The first-order valence-electron chi connectivity index (χ1n) is 13.9. The first-order valence-corrected chi connectivity index (χ1v) is 14.3. The molecule has 1 heterocycles. The molecule has 0 bridgehead atoms. The summed E-state index contributed by atoms with van der Waals surface area (Å²) in [5.41, 5.74) is 2.40. The number of thiocarbonyl (C=S) groups is 1. The van der Waals surface area contributed by atoms with E-state index in [2.05, 4.69) is 21.3 Å². The van der Waals surface area contributed by atoms with Gasteiger partial charge in [0.1, 0.15) is 23.0 Å². The Hall–Kier alpha value is -6.14. The largest absolute Gasteiger partial charge is 0.457 e. The van der Waals surface area contributed by atoms with E-state index in [1.807, 2.05) is 0 Å². The van der Waals surface area contributed by atoms with Crippen LogP contribution in [-0.2, 0) is 11.3 Å². The van der Waals surface area contributed by atoms with Gasteiger partial charge in [0.05, 0.1) is 10.6 Å². The molecule has 0 atom stereocenters. The Morgan fingerprint density at radius 3 is 2.35 bits per heavy atom. The van der Waals surface area contributed by atoms with Crippen molar-refractivity contribution in [1.82, 2.24) is 10.6 Å². The number of furan rings is 1. The molecule has 5 aromatic rings. The van der Waals surface area contributed by atoms with Gasteiger partial charge in [-0.1, -0.05) is 42.5 Å². The highest BCUT2D eigenvalue weighted by molar-refractivity contribution is 7.80. The Morgan fingerprint density at radius 2 is 1.61 bits per heavy atom. The molecule has 0 aliphatic heterocycles. The Kier molecular flexibility index (Phi) is 9.90. The van der Waals surface area contributed by atoms with E-state index in [0.29, 0.717) is 22.6 Å². The summed E-state index contributed by atoms with van der Waals surface area (Å²) in [7, 11) is 0. The minimum atomic E-state index is -0.576. The van der Waals surface area contributed by atoms with Gasteiger partial charge in [0.15, 0.2) is 5.11 Å². The number of nitrogens with one attached hydrogen (secondary N) is 4. The molecule has 0 aliphatic rings. The number of para-hydroxylation sites is 1. The van der Waals surface area contributed by atoms with E-state index in [9.17, 15) is 24.1 Å². The third kappa shape index (κ3) is 8.27. The van der Waals surface area contributed by atoms with Crippen molar-refractivity contribution in [1.29, 1.82) is 0 Å². The Labute approximate surface area is 268 Å². The minimum absolute atomic E-state index is 0.0544. The van der Waals surface area contributed by atoms with Crippen molar-refractivity contribution in [3.05, 3.63) is 154 Å². The maximum absolute atomic E-state index is 14.0. The number of halogens is 1. The molecular weight excluding hydrogens is 609 g/mol. The van der Waals surface area contributed by atoms with Crippen molar-refractivity contribution in [2.24, 2.45) is 0 Å². The van der Waals surface area contributed by atoms with Gasteiger partial charge < -0.3 is 25.7 Å². The monoisotopic (exact) mass is 635 g/mol. The van der Waals surface area contributed by atoms with Crippen molar-refractivity contribution < 1.29 is 23.3 Å². The zero-order valence-corrected chi connectivity index (χ0v) is 24.8. The second-order valence-electron chi connectivity index (χ2n) is 9.83. The molecule has 0 saturated carbocycles. The van der Waals surface area contributed by atoms with Gasteiger partial charge in [-0.3, -0.25) is 19.7 Å². The summed E-state index contributed by atoms with van der Waals surface area (Å²) < 4.78 is 19.9. The molecule has 0 radical (unpaired) electrons. The SMILES string of the molecule is O=C(NCc1cccc(NC(=S)Nc2ccccc2F)c1)C(=Cc1ccc(-c2ccc([N+](=O)[O-])cc2)o1)NC(=O)c1ccccc1. The smallest absolute Gasteiger partial charge is 0.269 e. The summed E-state index contributed by atoms with van der Waals surface area (Å²) in [4.78, 5) is 36.8. The number of carbonyl (C=O) groups excluding carboxylic acids is 2. The van der Waals surface area contributed by atoms with Gasteiger partial charge in [0.2, 0.25) is 0 Å². The number of nitrogens with zero attached hydrogens (tertiary/aromatic N) is 1. The summed E-state index contributed by atoms with van der Waals surface area (Å²) in [5.74, 6) is -0.821. The fraction of sp³-hybridized carbons (Fsp3) is 0.0294. The molecule has 0 aliphatic carbocycles. The van der Waals surface area contributed by atoms with Gasteiger partial charge in [-0.2, -0.15) is 0 Å². The van der Waals surface area contributed by atoms with Crippen molar-refractivity contribution in [2.45, 2.75) is 6.54 Å². The second-order valence-corrected chi connectivity index (χ2v) is 10.2. The van der Waals surface area contributed by atoms with Gasteiger partial charge in [0, 0.05) is 41.6 Å². The number of nitro benzene ring substituents is 1. The summed E-state index contributed by atoms with van der Waals surface area (Å²) in [6.45, 7) is 0.104. The molecule has 4 aromatic carbocycles. The zero-order chi connectivity index (χ0) is 32.5. The molecule has 230 valence electrons. The zero-order valence-electron chi connectivity index (χ0n) is 24.0. The molecule has 0 unspecified atom stereocenters. The van der Waals surface area contributed by atoms with Crippen LogP contribution >= 0.6 is 12.2 Å². The number of hydrogen-bond acceptors (Lipinski definition) is 6. The minimum Gasteiger partial charge on any atom is -0.457 e. The molecule has 4 N–H and O–H groups in total. The molecule has 46 heavy (non-hydrogen) atoms. The summed E-state index contributed by atoms with van der Waals surface area (Å²) >= 11 is 5.31. The van der Waals surface area contributed by atoms with Gasteiger partial charge in [0.25, 0.3) is 17.5 Å². The van der Waals surface area contributed by atoms with Gasteiger partial charge >= 0.3 is 0 Å². The standard InChI is InChI=1S/C34H26FN5O5S/c35-28-11-4-5-12-29(28)39-34(46)37-25-10-6-7-22(19-25)21-36-33(42)30(38-32(41)24-8-2-1-3-9-24)20-27-17-18-31(45-27)23-13-15-26(16-14-23)40(43)44/h1-20H,21H2,(H,36,42)(H,38,41)(H2,37,39,46). The topological polar surface area (TPSA) is 139 Å². The molecule has 5 rings (SSSR count).